The normalized spacial score (nSPS) is 16.3. The fourth-order valence-corrected chi connectivity index (χ4v) is 3.89. The van der Waals surface area contributed by atoms with E-state index in [1.165, 1.54) is 11.1 Å². The maximum atomic E-state index is 12.3. The number of carbonyl (C=O) groups is 2. The van der Waals surface area contributed by atoms with Gasteiger partial charge in [0, 0.05) is 17.3 Å². The van der Waals surface area contributed by atoms with E-state index in [0.29, 0.717) is 6.42 Å². The van der Waals surface area contributed by atoms with E-state index in [1.54, 1.807) is 0 Å². The Morgan fingerprint density at radius 3 is 1.75 bits per heavy atom. The predicted molar refractivity (Wildman–Crippen MR) is 130 cm³/mol. The highest BCUT2D eigenvalue weighted by molar-refractivity contribution is 5.95. The van der Waals surface area contributed by atoms with Gasteiger partial charge in [-0.3, -0.25) is 9.59 Å². The van der Waals surface area contributed by atoms with Crippen LogP contribution in [0.2, 0.25) is 0 Å². The minimum atomic E-state index is -0.0196. The highest BCUT2D eigenvalue weighted by atomic mass is 16.2. The minimum absolute atomic E-state index is 0.0196. The fourth-order valence-electron chi connectivity index (χ4n) is 3.89. The molecule has 2 N–H and O–H groups in total. The zero-order chi connectivity index (χ0) is 22.7. The van der Waals surface area contributed by atoms with Crippen molar-refractivity contribution in [2.75, 3.05) is 10.6 Å². The van der Waals surface area contributed by atoms with Gasteiger partial charge in [-0.1, -0.05) is 67.9 Å². The molecule has 0 aliphatic heterocycles. The number of aryl methyl sites for hydroxylation is 1. The van der Waals surface area contributed by atoms with Gasteiger partial charge in [0.1, 0.15) is 0 Å². The molecule has 32 heavy (non-hydrogen) atoms. The summed E-state index contributed by atoms with van der Waals surface area (Å²) in [5.41, 5.74) is 6.30. The first-order valence-corrected chi connectivity index (χ1v) is 11.1. The lowest BCUT2D eigenvalue weighted by Crippen LogP contribution is -2.16. The number of benzene rings is 3. The monoisotopic (exact) mass is 426 g/mol. The molecular weight excluding hydrogens is 396 g/mol. The maximum Gasteiger partial charge on any atom is 0.228 e. The van der Waals surface area contributed by atoms with Gasteiger partial charge < -0.3 is 10.6 Å². The third kappa shape index (κ3) is 5.64. The lowest BCUT2D eigenvalue weighted by molar-refractivity contribution is -0.118. The second kappa shape index (κ2) is 8.99. The molecule has 4 nitrogen and oxygen atoms in total. The first-order chi connectivity index (χ1) is 15.3. The molecule has 0 bridgehead atoms. The highest BCUT2D eigenvalue weighted by Crippen LogP contribution is 2.51. The number of anilines is 2. The second-order valence-corrected chi connectivity index (χ2v) is 9.52. The molecule has 1 saturated carbocycles. The van der Waals surface area contributed by atoms with Gasteiger partial charge in [0.25, 0.3) is 0 Å². The van der Waals surface area contributed by atoms with E-state index in [9.17, 15) is 9.59 Å². The molecule has 1 fully saturated rings. The van der Waals surface area contributed by atoms with Crippen molar-refractivity contribution in [3.8, 4) is 0 Å². The number of hydrogen-bond donors (Lipinski definition) is 2. The van der Waals surface area contributed by atoms with Crippen LogP contribution >= 0.6 is 0 Å². The van der Waals surface area contributed by atoms with Crippen molar-refractivity contribution in [3.05, 3.63) is 95.1 Å². The van der Waals surface area contributed by atoms with Crippen LogP contribution in [0.15, 0.2) is 72.8 Å². The SMILES string of the molecule is Cc1ccc(CC(=O)Nc2ccc(Cc3ccc(NC(=O)C4CC4(C)C)cc3)cc2)cc1. The van der Waals surface area contributed by atoms with Crippen LogP contribution in [-0.4, -0.2) is 11.8 Å². The highest BCUT2D eigenvalue weighted by Gasteiger charge is 2.50. The van der Waals surface area contributed by atoms with Crippen molar-refractivity contribution in [2.24, 2.45) is 11.3 Å². The molecule has 0 radical (unpaired) electrons. The van der Waals surface area contributed by atoms with E-state index in [0.717, 1.165) is 35.3 Å². The number of amides is 2. The summed E-state index contributed by atoms with van der Waals surface area (Å²) in [6.07, 6.45) is 2.12. The average molecular weight is 427 g/mol. The zero-order valence-electron chi connectivity index (χ0n) is 18.9. The molecule has 0 spiro atoms. The Morgan fingerprint density at radius 1 is 0.781 bits per heavy atom. The van der Waals surface area contributed by atoms with Gasteiger partial charge in [-0.25, -0.2) is 0 Å². The third-order valence-electron chi connectivity index (χ3n) is 6.18. The molecule has 3 aromatic rings. The van der Waals surface area contributed by atoms with E-state index in [4.69, 9.17) is 0 Å². The molecule has 3 aromatic carbocycles. The molecule has 4 rings (SSSR count). The zero-order valence-corrected chi connectivity index (χ0v) is 18.9. The first-order valence-electron chi connectivity index (χ1n) is 11.1. The van der Waals surface area contributed by atoms with E-state index in [-0.39, 0.29) is 23.1 Å². The standard InChI is InChI=1S/C28H30N2O2/c1-19-4-6-22(7-5-19)17-26(31)29-23-12-8-20(9-13-23)16-21-10-14-24(15-11-21)30-27(32)25-18-28(25,2)3/h4-15,25H,16-18H2,1-3H3,(H,29,31)(H,30,32). The van der Waals surface area contributed by atoms with Crippen LogP contribution in [0.5, 0.6) is 0 Å². The van der Waals surface area contributed by atoms with Crippen LogP contribution in [0.4, 0.5) is 11.4 Å². The van der Waals surface area contributed by atoms with Gasteiger partial charge in [0.15, 0.2) is 0 Å². The van der Waals surface area contributed by atoms with Crippen LogP contribution in [0.25, 0.3) is 0 Å². The van der Waals surface area contributed by atoms with Crippen molar-refractivity contribution in [1.82, 2.24) is 0 Å². The lowest BCUT2D eigenvalue weighted by Gasteiger charge is -2.09. The summed E-state index contributed by atoms with van der Waals surface area (Å²) >= 11 is 0. The van der Waals surface area contributed by atoms with Gasteiger partial charge in [0.05, 0.1) is 6.42 Å². The Hall–Kier alpha value is -3.40. The smallest absolute Gasteiger partial charge is 0.228 e. The molecular formula is C28H30N2O2. The quantitative estimate of drug-likeness (QED) is 0.505. The largest absolute Gasteiger partial charge is 0.326 e. The summed E-state index contributed by atoms with van der Waals surface area (Å²) in [4.78, 5) is 24.5. The van der Waals surface area contributed by atoms with Gasteiger partial charge in [-0.15, -0.1) is 0 Å². The molecule has 1 aliphatic carbocycles. The van der Waals surface area contributed by atoms with Crippen molar-refractivity contribution < 1.29 is 9.59 Å². The van der Waals surface area contributed by atoms with Crippen LogP contribution < -0.4 is 10.6 Å². The molecule has 2 amide bonds. The summed E-state index contributed by atoms with van der Waals surface area (Å²) in [5, 5.41) is 5.98. The van der Waals surface area contributed by atoms with E-state index >= 15 is 0 Å². The molecule has 1 unspecified atom stereocenters. The third-order valence-corrected chi connectivity index (χ3v) is 6.18. The Balaban J connectivity index is 1.28. The van der Waals surface area contributed by atoms with Crippen molar-refractivity contribution in [1.29, 1.82) is 0 Å². The Morgan fingerprint density at radius 2 is 1.25 bits per heavy atom. The topological polar surface area (TPSA) is 58.2 Å². The van der Waals surface area contributed by atoms with Crippen LogP contribution in [0.3, 0.4) is 0 Å². The minimum Gasteiger partial charge on any atom is -0.326 e. The summed E-state index contributed by atoms with van der Waals surface area (Å²) in [6, 6.07) is 24.0. The molecule has 1 aliphatic rings. The van der Waals surface area contributed by atoms with Gasteiger partial charge in [-0.05, 0) is 66.1 Å². The molecule has 164 valence electrons. The van der Waals surface area contributed by atoms with E-state index in [1.807, 2.05) is 79.7 Å². The summed E-state index contributed by atoms with van der Waals surface area (Å²) < 4.78 is 0. The number of hydrogen-bond acceptors (Lipinski definition) is 2. The molecule has 0 saturated heterocycles. The van der Waals surface area contributed by atoms with Gasteiger partial charge in [0.2, 0.25) is 11.8 Å². The Labute approximate surface area is 190 Å². The van der Waals surface area contributed by atoms with Gasteiger partial charge in [-0.2, -0.15) is 0 Å². The summed E-state index contributed by atoms with van der Waals surface area (Å²) in [7, 11) is 0. The molecule has 4 heteroatoms. The number of nitrogens with one attached hydrogen (secondary N) is 2. The Kier molecular flexibility index (Phi) is 6.13. The fraction of sp³-hybridized carbons (Fsp3) is 0.286. The van der Waals surface area contributed by atoms with E-state index < -0.39 is 0 Å². The number of carbonyl (C=O) groups excluding carboxylic acids is 2. The first kappa shape index (κ1) is 21.8. The van der Waals surface area contributed by atoms with Crippen LogP contribution in [-0.2, 0) is 22.4 Å². The average Bonchev–Trinajstić information content (AvgIpc) is 3.41. The van der Waals surface area contributed by atoms with Crippen molar-refractivity contribution in [3.63, 3.8) is 0 Å². The predicted octanol–water partition coefficient (Wildman–Crippen LogP) is 5.75. The maximum absolute atomic E-state index is 12.3. The Bertz CT molecular complexity index is 1100. The molecule has 0 aromatic heterocycles. The second-order valence-electron chi connectivity index (χ2n) is 9.52. The van der Waals surface area contributed by atoms with Crippen molar-refractivity contribution in [2.45, 2.75) is 40.0 Å². The lowest BCUT2D eigenvalue weighted by atomic mass is 10.0. The number of rotatable bonds is 7. The molecule has 0 heterocycles. The summed E-state index contributed by atoms with van der Waals surface area (Å²) in [5.74, 6) is 0.217. The van der Waals surface area contributed by atoms with Crippen molar-refractivity contribution >= 4 is 23.2 Å². The van der Waals surface area contributed by atoms with E-state index in [2.05, 4.69) is 24.5 Å². The van der Waals surface area contributed by atoms with Gasteiger partial charge >= 0.3 is 0 Å². The van der Waals surface area contributed by atoms with Crippen LogP contribution in [0.1, 0.15) is 42.5 Å². The molecule has 1 atom stereocenters. The summed E-state index contributed by atoms with van der Waals surface area (Å²) in [6.45, 7) is 6.29. The van der Waals surface area contributed by atoms with Crippen LogP contribution in [0, 0.1) is 18.3 Å².